The van der Waals surface area contributed by atoms with Gasteiger partial charge in [-0.05, 0) is 60.0 Å². The molecular formula is C19H17BrN4O. The Morgan fingerprint density at radius 1 is 1.20 bits per heavy atom. The summed E-state index contributed by atoms with van der Waals surface area (Å²) < 4.78 is 4.44. The molecule has 126 valence electrons. The number of rotatable bonds is 2. The van der Waals surface area contributed by atoms with E-state index in [1.165, 1.54) is 0 Å². The predicted octanol–water partition coefficient (Wildman–Crippen LogP) is 4.31. The van der Waals surface area contributed by atoms with Crippen LogP contribution in [0.4, 0.5) is 0 Å². The molecule has 0 atom stereocenters. The van der Waals surface area contributed by atoms with Gasteiger partial charge < -0.3 is 0 Å². The van der Waals surface area contributed by atoms with Crippen LogP contribution in [0.15, 0.2) is 41.0 Å². The number of carbonyl (C=O) groups is 1. The molecule has 0 bridgehead atoms. The number of pyridine rings is 1. The molecule has 5 nitrogen and oxygen atoms in total. The molecule has 0 saturated heterocycles. The predicted molar refractivity (Wildman–Crippen MR) is 101 cm³/mol. The number of imidazole rings is 2. The van der Waals surface area contributed by atoms with Crippen molar-refractivity contribution in [1.82, 2.24) is 18.9 Å². The Kier molecular flexibility index (Phi) is 3.72. The van der Waals surface area contributed by atoms with Gasteiger partial charge in [-0.25, -0.2) is 9.97 Å². The first-order chi connectivity index (χ1) is 12.0. The third-order valence-corrected chi connectivity index (χ3v) is 4.94. The Morgan fingerprint density at radius 2 is 1.96 bits per heavy atom. The van der Waals surface area contributed by atoms with Crippen LogP contribution < -0.4 is 0 Å². The quantitative estimate of drug-likeness (QED) is 0.507. The lowest BCUT2D eigenvalue weighted by molar-refractivity contribution is 0.0955. The number of aromatic nitrogens is 4. The molecular weight excluding hydrogens is 380 g/mol. The van der Waals surface area contributed by atoms with Crippen LogP contribution in [-0.2, 0) is 6.42 Å². The third kappa shape index (κ3) is 2.40. The van der Waals surface area contributed by atoms with Gasteiger partial charge in [0.25, 0.3) is 5.91 Å². The van der Waals surface area contributed by atoms with E-state index in [0.717, 1.165) is 32.4 Å². The molecule has 0 radical (unpaired) electrons. The van der Waals surface area contributed by atoms with Gasteiger partial charge in [-0.2, -0.15) is 0 Å². The zero-order valence-corrected chi connectivity index (χ0v) is 15.8. The van der Waals surface area contributed by atoms with Crippen LogP contribution in [0.5, 0.6) is 0 Å². The molecule has 4 aromatic rings. The summed E-state index contributed by atoms with van der Waals surface area (Å²) in [6, 6.07) is 9.69. The molecule has 0 N–H and O–H groups in total. The molecule has 25 heavy (non-hydrogen) atoms. The standard InChI is InChI=1S/C19H17BrN4O/c1-4-14-17(23-10-11(2)9-13(20)18(23)22-14)19(25)24-12(3)21-15-7-5-6-8-16(15)24/h5-10H,4H2,1-3H3. The van der Waals surface area contributed by atoms with E-state index in [1.54, 1.807) is 4.57 Å². The van der Waals surface area contributed by atoms with Crippen LogP contribution in [-0.4, -0.2) is 24.8 Å². The van der Waals surface area contributed by atoms with E-state index in [-0.39, 0.29) is 5.91 Å². The summed E-state index contributed by atoms with van der Waals surface area (Å²) in [4.78, 5) is 22.7. The van der Waals surface area contributed by atoms with Crippen molar-refractivity contribution in [3.05, 3.63) is 63.8 Å². The van der Waals surface area contributed by atoms with Crippen molar-refractivity contribution in [2.75, 3.05) is 0 Å². The Morgan fingerprint density at radius 3 is 2.72 bits per heavy atom. The maximum Gasteiger partial charge on any atom is 0.282 e. The fraction of sp³-hybridized carbons (Fsp3) is 0.211. The highest BCUT2D eigenvalue weighted by Crippen LogP contribution is 2.25. The highest BCUT2D eigenvalue weighted by Gasteiger charge is 2.24. The average Bonchev–Trinajstić information content (AvgIpc) is 3.11. The second kappa shape index (κ2) is 5.81. The zero-order valence-electron chi connectivity index (χ0n) is 14.2. The minimum Gasteiger partial charge on any atom is -0.294 e. The highest BCUT2D eigenvalue weighted by molar-refractivity contribution is 9.10. The van der Waals surface area contributed by atoms with Gasteiger partial charge in [-0.15, -0.1) is 0 Å². The van der Waals surface area contributed by atoms with E-state index < -0.39 is 0 Å². The molecule has 0 spiro atoms. The molecule has 0 amide bonds. The average molecular weight is 397 g/mol. The molecule has 0 aliphatic rings. The van der Waals surface area contributed by atoms with E-state index in [9.17, 15) is 4.79 Å². The van der Waals surface area contributed by atoms with E-state index in [2.05, 4.69) is 25.9 Å². The minimum absolute atomic E-state index is 0.104. The summed E-state index contributed by atoms with van der Waals surface area (Å²) in [5.41, 5.74) is 4.82. The van der Waals surface area contributed by atoms with Crippen molar-refractivity contribution in [2.45, 2.75) is 27.2 Å². The first-order valence-electron chi connectivity index (χ1n) is 8.17. The molecule has 1 aromatic carbocycles. The lowest BCUT2D eigenvalue weighted by atomic mass is 10.2. The summed E-state index contributed by atoms with van der Waals surface area (Å²) >= 11 is 3.56. The normalized spacial score (nSPS) is 11.5. The summed E-state index contributed by atoms with van der Waals surface area (Å²) in [6.45, 7) is 5.87. The van der Waals surface area contributed by atoms with Crippen molar-refractivity contribution in [3.8, 4) is 0 Å². The number of para-hydroxylation sites is 2. The van der Waals surface area contributed by atoms with Crippen molar-refractivity contribution >= 4 is 38.5 Å². The van der Waals surface area contributed by atoms with Gasteiger partial charge in [0.05, 0.1) is 21.2 Å². The van der Waals surface area contributed by atoms with Crippen LogP contribution >= 0.6 is 15.9 Å². The fourth-order valence-corrected chi connectivity index (χ4v) is 3.90. The van der Waals surface area contributed by atoms with E-state index >= 15 is 0 Å². The number of hydrogen-bond donors (Lipinski definition) is 0. The zero-order chi connectivity index (χ0) is 17.7. The maximum absolute atomic E-state index is 13.5. The van der Waals surface area contributed by atoms with Gasteiger partial charge in [0.1, 0.15) is 11.5 Å². The van der Waals surface area contributed by atoms with Gasteiger partial charge in [-0.1, -0.05) is 19.1 Å². The van der Waals surface area contributed by atoms with Gasteiger partial charge in [0, 0.05) is 6.20 Å². The number of hydrogen-bond acceptors (Lipinski definition) is 3. The van der Waals surface area contributed by atoms with Gasteiger partial charge in [0.15, 0.2) is 5.65 Å². The number of halogens is 1. The first-order valence-corrected chi connectivity index (χ1v) is 8.96. The largest absolute Gasteiger partial charge is 0.294 e. The van der Waals surface area contributed by atoms with Crippen molar-refractivity contribution in [2.24, 2.45) is 0 Å². The van der Waals surface area contributed by atoms with Gasteiger partial charge in [-0.3, -0.25) is 13.8 Å². The smallest absolute Gasteiger partial charge is 0.282 e. The van der Waals surface area contributed by atoms with Crippen LogP contribution in [0.1, 0.15) is 34.5 Å². The summed E-state index contributed by atoms with van der Waals surface area (Å²) in [5, 5.41) is 0. The summed E-state index contributed by atoms with van der Waals surface area (Å²) in [6.07, 6.45) is 2.63. The Balaban J connectivity index is 2.03. The third-order valence-electron chi connectivity index (χ3n) is 4.35. The van der Waals surface area contributed by atoms with Crippen LogP contribution in [0, 0.1) is 13.8 Å². The Labute approximate surface area is 153 Å². The van der Waals surface area contributed by atoms with Crippen molar-refractivity contribution in [1.29, 1.82) is 0 Å². The molecule has 0 fully saturated rings. The van der Waals surface area contributed by atoms with Crippen molar-refractivity contribution < 1.29 is 4.79 Å². The van der Waals surface area contributed by atoms with Crippen LogP contribution in [0.25, 0.3) is 16.7 Å². The monoisotopic (exact) mass is 396 g/mol. The lowest BCUT2D eigenvalue weighted by Crippen LogP contribution is -2.17. The fourth-order valence-electron chi connectivity index (χ4n) is 3.26. The highest BCUT2D eigenvalue weighted by atomic mass is 79.9. The Hall–Kier alpha value is -2.47. The number of nitrogens with zero attached hydrogens (tertiary/aromatic N) is 4. The van der Waals surface area contributed by atoms with Crippen LogP contribution in [0.3, 0.4) is 0 Å². The maximum atomic E-state index is 13.5. The topological polar surface area (TPSA) is 52.2 Å². The molecule has 0 aliphatic heterocycles. The van der Waals surface area contributed by atoms with E-state index in [4.69, 9.17) is 0 Å². The van der Waals surface area contributed by atoms with E-state index in [0.29, 0.717) is 17.9 Å². The lowest BCUT2D eigenvalue weighted by Gasteiger charge is -2.08. The second-order valence-corrected chi connectivity index (χ2v) is 6.96. The van der Waals surface area contributed by atoms with Gasteiger partial charge >= 0.3 is 0 Å². The van der Waals surface area contributed by atoms with Crippen molar-refractivity contribution in [3.63, 3.8) is 0 Å². The molecule has 0 saturated carbocycles. The molecule has 4 rings (SSSR count). The SMILES string of the molecule is CCc1nc2c(Br)cc(C)cn2c1C(=O)n1c(C)nc2ccccc21. The van der Waals surface area contributed by atoms with E-state index in [1.807, 2.05) is 61.7 Å². The number of fused-ring (bicyclic) bond motifs is 2. The number of carbonyl (C=O) groups excluding carboxylic acids is 1. The van der Waals surface area contributed by atoms with Gasteiger partial charge in [0.2, 0.25) is 0 Å². The number of benzene rings is 1. The second-order valence-electron chi connectivity index (χ2n) is 6.11. The minimum atomic E-state index is -0.104. The molecule has 6 heteroatoms. The molecule has 0 aliphatic carbocycles. The number of aryl methyl sites for hydroxylation is 3. The van der Waals surface area contributed by atoms with Crippen LogP contribution in [0.2, 0.25) is 0 Å². The summed E-state index contributed by atoms with van der Waals surface area (Å²) in [7, 11) is 0. The molecule has 3 heterocycles. The molecule has 3 aromatic heterocycles. The first kappa shape index (κ1) is 16.0. The molecule has 0 unspecified atom stereocenters. The summed E-state index contributed by atoms with van der Waals surface area (Å²) in [5.74, 6) is 0.572. The Bertz CT molecular complexity index is 1140.